The molecule has 2 amide bonds. The number of carboxylic acids is 2. The number of carboxylic acid groups (broad SMARTS) is 2. The third-order valence-electron chi connectivity index (χ3n) is 12.0. The first-order valence-electron chi connectivity index (χ1n) is 22.2. The molecule has 21 heteroatoms. The Kier molecular flexibility index (Phi) is 16.1. The number of hydrogen-bond acceptors (Lipinski definition) is 13. The maximum Gasteiger partial charge on any atom is 0.305 e. The summed E-state index contributed by atoms with van der Waals surface area (Å²) in [5.74, 6) is -22.9. The molecule has 17 nitrogen and oxygen atoms in total. The van der Waals surface area contributed by atoms with Crippen molar-refractivity contribution in [3.63, 3.8) is 0 Å². The molecule has 0 radical (unpaired) electrons. The van der Waals surface area contributed by atoms with Gasteiger partial charge in [-0.2, -0.15) is 0 Å². The molecule has 0 aliphatic rings. The number of carbonyl (C=O) groups excluding carboxylic acids is 5. The number of nitrogens with zero attached hydrogens (tertiary/aromatic N) is 2. The molecule has 0 saturated carbocycles. The number of ether oxygens (including phenoxy) is 2. The molecule has 0 aliphatic carbocycles. The smallest absolute Gasteiger partial charge is 0.305 e. The highest BCUT2D eigenvalue weighted by atomic mass is 19.1. The molecule has 72 heavy (non-hydrogen) atoms. The topological polar surface area (TPSA) is 280 Å². The van der Waals surface area contributed by atoms with Gasteiger partial charge >= 0.3 is 11.9 Å². The van der Waals surface area contributed by atoms with E-state index in [9.17, 15) is 39.0 Å². The molecule has 0 fully saturated rings. The average Bonchev–Trinajstić information content (AvgIpc) is 3.33. The molecular formula is C51H48F4N6O11. The highest BCUT2D eigenvalue weighted by Crippen LogP contribution is 2.32. The molecule has 0 saturated heterocycles. The van der Waals surface area contributed by atoms with E-state index in [-0.39, 0.29) is 11.4 Å². The van der Waals surface area contributed by atoms with E-state index >= 15 is 22.4 Å². The summed E-state index contributed by atoms with van der Waals surface area (Å²) in [6.45, 7) is 5.99. The van der Waals surface area contributed by atoms with Crippen molar-refractivity contribution < 1.29 is 70.8 Å². The number of nitrogens with one attached hydrogen (secondary N) is 2. The predicted molar refractivity (Wildman–Crippen MR) is 250 cm³/mol. The van der Waals surface area contributed by atoms with Gasteiger partial charge in [0, 0.05) is 10.8 Å². The van der Waals surface area contributed by atoms with E-state index in [1.165, 1.54) is 39.8 Å². The second-order valence-corrected chi connectivity index (χ2v) is 17.4. The largest absolute Gasteiger partial charge is 0.481 e. The van der Waals surface area contributed by atoms with Gasteiger partial charge in [-0.05, 0) is 60.4 Å². The van der Waals surface area contributed by atoms with Crippen LogP contribution in [0.25, 0.3) is 21.8 Å². The number of pyridine rings is 2. The van der Waals surface area contributed by atoms with Crippen LogP contribution in [0.3, 0.4) is 0 Å². The van der Waals surface area contributed by atoms with Crippen molar-refractivity contribution >= 4 is 62.9 Å². The van der Waals surface area contributed by atoms with Crippen LogP contribution in [0.4, 0.5) is 17.6 Å². The number of ketones is 3. The molecule has 0 aliphatic heterocycles. The van der Waals surface area contributed by atoms with Gasteiger partial charge in [-0.1, -0.05) is 88.4 Å². The molecule has 6 rings (SSSR count). The van der Waals surface area contributed by atoms with Gasteiger partial charge in [-0.3, -0.25) is 43.5 Å². The van der Waals surface area contributed by atoms with Crippen LogP contribution in [-0.4, -0.2) is 85.6 Å². The van der Waals surface area contributed by atoms with Crippen LogP contribution < -0.4 is 31.6 Å². The van der Waals surface area contributed by atoms with E-state index in [1.54, 1.807) is 60.7 Å². The lowest BCUT2D eigenvalue weighted by molar-refractivity contribution is -0.151. The summed E-state index contributed by atoms with van der Waals surface area (Å²) in [5.41, 5.74) is 9.75. The first-order valence-corrected chi connectivity index (χ1v) is 22.2. The number of amides is 2. The lowest BCUT2D eigenvalue weighted by Gasteiger charge is -2.34. The third kappa shape index (κ3) is 11.1. The van der Waals surface area contributed by atoms with Crippen molar-refractivity contribution in [3.05, 3.63) is 144 Å². The quantitative estimate of drug-likeness (QED) is 0.0378. The van der Waals surface area contributed by atoms with Gasteiger partial charge in [-0.15, -0.1) is 0 Å². The number of hydrogen-bond donors (Lipinski definition) is 6. The van der Waals surface area contributed by atoms with E-state index in [2.05, 4.69) is 20.6 Å². The monoisotopic (exact) mass is 996 g/mol. The minimum Gasteiger partial charge on any atom is -0.481 e. The Bertz CT molecular complexity index is 2860. The summed E-state index contributed by atoms with van der Waals surface area (Å²) in [6.07, 6.45) is -9.09. The van der Waals surface area contributed by atoms with Crippen LogP contribution >= 0.6 is 0 Å². The SMILES string of the molecule is CC(C)[C@](N)(C(=O)N[C@@H](CC(=O)O)C(=O)C(Oc1c(F)cccc1F)C(=O)C(Oc1c(F)cccc1F)C(=O)[C@H](CC(=O)O)NC(=O)[C@](N)(c1ccc2ccccc2n1)C(C)C)c1ccc2ccccc2n1. The van der Waals surface area contributed by atoms with E-state index in [1.807, 2.05) is 0 Å². The second kappa shape index (κ2) is 21.9. The number of Topliss-reactive ketones (excluding diaryl/α,β-unsaturated/α-hetero) is 3. The molecule has 0 spiro atoms. The minimum absolute atomic E-state index is 0.0691. The van der Waals surface area contributed by atoms with Crippen LogP contribution in [0.15, 0.2) is 109 Å². The Morgan fingerprint density at radius 3 is 1.17 bits per heavy atom. The Balaban J connectivity index is 1.47. The minimum atomic E-state index is -3.15. The maximum absolute atomic E-state index is 15.4. The summed E-state index contributed by atoms with van der Waals surface area (Å²) < 4.78 is 72.5. The summed E-state index contributed by atoms with van der Waals surface area (Å²) in [7, 11) is 0. The fourth-order valence-corrected chi connectivity index (χ4v) is 7.73. The molecule has 4 aromatic carbocycles. The fraction of sp³-hybridized carbons (Fsp3) is 0.275. The Hall–Kier alpha value is -8.17. The molecule has 2 aromatic heterocycles. The van der Waals surface area contributed by atoms with Crippen LogP contribution in [0, 0.1) is 35.1 Å². The number of nitrogens with two attached hydrogens (primary N) is 2. The van der Waals surface area contributed by atoms with Gasteiger partial charge in [0.05, 0.1) is 35.3 Å². The van der Waals surface area contributed by atoms with Crippen LogP contribution in [0.5, 0.6) is 11.5 Å². The van der Waals surface area contributed by atoms with Gasteiger partial charge < -0.3 is 41.8 Å². The van der Waals surface area contributed by atoms with Crippen molar-refractivity contribution in [2.24, 2.45) is 23.3 Å². The third-order valence-corrected chi connectivity index (χ3v) is 12.0. The predicted octanol–water partition coefficient (Wildman–Crippen LogP) is 5.18. The molecular weight excluding hydrogens is 949 g/mol. The van der Waals surface area contributed by atoms with Crippen LogP contribution in [0.1, 0.15) is 51.9 Å². The normalized spacial score (nSPS) is 14.8. The number of rotatable bonds is 22. The van der Waals surface area contributed by atoms with E-state index in [0.29, 0.717) is 46.1 Å². The van der Waals surface area contributed by atoms with Gasteiger partial charge in [0.15, 0.2) is 34.8 Å². The standard InChI is InChI=1S/C51H48F4N6O11/c1-25(2)50(56,37-21-19-27-11-5-7-17-33(27)58-37)48(69)60-35(23-39(62)63)41(66)46(71-44-29(52)13-9-14-30(44)53)43(68)47(72-45-31(54)15-10-16-32(45)55)42(67)36(24-40(64)65)61-49(70)51(57,26(3)4)38-22-20-28-12-6-8-18-34(28)59-38/h5-22,25-26,35-36,46-47H,23-24,56-57H2,1-4H3,(H,60,69)(H,61,70)(H,62,63)(H,64,65)/t35-,36-,46?,47?,50+,51+/m0/s1. The van der Waals surface area contributed by atoms with Gasteiger partial charge in [0.2, 0.25) is 41.4 Å². The average molecular weight is 997 g/mol. The molecule has 6 aromatic rings. The number of fused-ring (bicyclic) bond motifs is 2. The van der Waals surface area contributed by atoms with Crippen molar-refractivity contribution in [1.82, 2.24) is 20.6 Å². The summed E-state index contributed by atoms with van der Waals surface area (Å²) >= 11 is 0. The van der Waals surface area contributed by atoms with E-state index in [4.69, 9.17) is 20.9 Å². The Morgan fingerprint density at radius 2 is 0.847 bits per heavy atom. The Labute approximate surface area is 407 Å². The highest BCUT2D eigenvalue weighted by Gasteiger charge is 2.50. The molecule has 6 atom stereocenters. The molecule has 8 N–H and O–H groups in total. The molecule has 2 heterocycles. The number of carbonyl (C=O) groups is 7. The molecule has 0 bridgehead atoms. The molecule has 2 unspecified atom stereocenters. The zero-order valence-electron chi connectivity index (χ0n) is 38.9. The van der Waals surface area contributed by atoms with Crippen LogP contribution in [0.2, 0.25) is 0 Å². The van der Waals surface area contributed by atoms with Crippen LogP contribution in [-0.2, 0) is 44.6 Å². The number of aliphatic carboxylic acids is 2. The maximum atomic E-state index is 15.4. The van der Waals surface area contributed by atoms with Crippen molar-refractivity contribution in [3.8, 4) is 11.5 Å². The number of aromatic nitrogens is 2. The second-order valence-electron chi connectivity index (χ2n) is 17.4. The van der Waals surface area contributed by atoms with Gasteiger partial charge in [0.1, 0.15) is 23.2 Å². The van der Waals surface area contributed by atoms with Crippen molar-refractivity contribution in [2.75, 3.05) is 0 Å². The van der Waals surface area contributed by atoms with Crippen molar-refractivity contribution in [1.29, 1.82) is 0 Å². The highest BCUT2D eigenvalue weighted by molar-refractivity contribution is 6.19. The summed E-state index contributed by atoms with van der Waals surface area (Å²) in [6, 6.07) is 18.7. The first-order chi connectivity index (χ1) is 34.0. The van der Waals surface area contributed by atoms with E-state index in [0.717, 1.165) is 12.1 Å². The van der Waals surface area contributed by atoms with Crippen molar-refractivity contribution in [2.45, 2.75) is 75.9 Å². The first kappa shape index (κ1) is 53.2. The van der Waals surface area contributed by atoms with Gasteiger partial charge in [-0.25, -0.2) is 17.6 Å². The zero-order valence-corrected chi connectivity index (χ0v) is 38.9. The summed E-state index contributed by atoms with van der Waals surface area (Å²) in [4.78, 5) is 107. The fourth-order valence-electron chi connectivity index (χ4n) is 7.73. The summed E-state index contributed by atoms with van der Waals surface area (Å²) in [5, 5.41) is 25.8. The number of para-hydroxylation sites is 4. The molecule has 376 valence electrons. The Morgan fingerprint density at radius 1 is 0.514 bits per heavy atom. The zero-order chi connectivity index (χ0) is 52.8. The number of halogens is 4. The van der Waals surface area contributed by atoms with E-state index < -0.39 is 136 Å². The lowest BCUT2D eigenvalue weighted by atomic mass is 9.82. The lowest BCUT2D eigenvalue weighted by Crippen LogP contribution is -2.62. The number of benzene rings is 4. The van der Waals surface area contributed by atoms with Gasteiger partial charge in [0.25, 0.3) is 0 Å².